The van der Waals surface area contributed by atoms with Gasteiger partial charge in [-0.2, -0.15) is 4.98 Å². The summed E-state index contributed by atoms with van der Waals surface area (Å²) in [7, 11) is 0. The largest absolute Gasteiger partial charge is 0.478 e. The highest BCUT2D eigenvalue weighted by atomic mass is 35.5. The van der Waals surface area contributed by atoms with Crippen molar-refractivity contribution in [2.24, 2.45) is 0 Å². The van der Waals surface area contributed by atoms with Crippen LogP contribution in [0.2, 0.25) is 5.02 Å². The number of aromatic nitrogens is 3. The summed E-state index contributed by atoms with van der Waals surface area (Å²) in [5.74, 6) is 0.681. The van der Waals surface area contributed by atoms with E-state index in [2.05, 4.69) is 15.0 Å². The molecule has 0 radical (unpaired) electrons. The summed E-state index contributed by atoms with van der Waals surface area (Å²) in [5.41, 5.74) is 1.93. The number of halogens is 2. The van der Waals surface area contributed by atoms with Gasteiger partial charge in [0.15, 0.2) is 5.65 Å². The van der Waals surface area contributed by atoms with E-state index in [1.165, 1.54) is 12.1 Å². The lowest BCUT2D eigenvalue weighted by atomic mass is 10.2. The average molecular weight is 292 g/mol. The maximum Gasteiger partial charge on any atom is 0.215 e. The lowest BCUT2D eigenvalue weighted by Gasteiger charge is -1.99. The monoisotopic (exact) mass is 291 g/mol. The Morgan fingerprint density at radius 2 is 2.10 bits per heavy atom. The number of rotatable bonds is 3. The van der Waals surface area contributed by atoms with Crippen molar-refractivity contribution in [3.8, 4) is 17.3 Å². The molecule has 0 bridgehead atoms. The highest BCUT2D eigenvalue weighted by molar-refractivity contribution is 6.33. The second-order valence-electron chi connectivity index (χ2n) is 4.16. The maximum absolute atomic E-state index is 13.1. The summed E-state index contributed by atoms with van der Waals surface area (Å²) in [6.07, 6.45) is 0. The van der Waals surface area contributed by atoms with Gasteiger partial charge in [-0.15, -0.1) is 0 Å². The van der Waals surface area contributed by atoms with Gasteiger partial charge in [-0.05, 0) is 31.2 Å². The van der Waals surface area contributed by atoms with Crippen LogP contribution in [0.5, 0.6) is 5.88 Å². The molecule has 0 amide bonds. The molecular weight excluding hydrogens is 281 g/mol. The van der Waals surface area contributed by atoms with E-state index in [-0.39, 0.29) is 5.82 Å². The molecule has 3 aromatic rings. The Morgan fingerprint density at radius 1 is 1.25 bits per heavy atom. The van der Waals surface area contributed by atoms with E-state index in [0.29, 0.717) is 34.5 Å². The Hall–Kier alpha value is -2.14. The van der Waals surface area contributed by atoms with E-state index < -0.39 is 0 Å². The van der Waals surface area contributed by atoms with Crippen molar-refractivity contribution in [3.63, 3.8) is 0 Å². The van der Waals surface area contributed by atoms with Crippen molar-refractivity contribution in [2.45, 2.75) is 6.92 Å². The van der Waals surface area contributed by atoms with E-state index in [0.717, 1.165) is 5.52 Å². The number of pyridine rings is 1. The molecule has 2 aromatic heterocycles. The van der Waals surface area contributed by atoms with Crippen LogP contribution < -0.4 is 4.74 Å². The molecule has 0 unspecified atom stereocenters. The minimum Gasteiger partial charge on any atom is -0.478 e. The lowest BCUT2D eigenvalue weighted by Crippen LogP contribution is -1.93. The summed E-state index contributed by atoms with van der Waals surface area (Å²) in [4.78, 5) is 11.7. The minimum atomic E-state index is -0.383. The van der Waals surface area contributed by atoms with Crippen molar-refractivity contribution >= 4 is 22.8 Å². The number of nitrogens with zero attached hydrogens (tertiary/aromatic N) is 2. The molecule has 20 heavy (non-hydrogen) atoms. The van der Waals surface area contributed by atoms with Crippen LogP contribution in [0.1, 0.15) is 6.92 Å². The quantitative estimate of drug-likeness (QED) is 0.798. The molecule has 0 spiro atoms. The summed E-state index contributed by atoms with van der Waals surface area (Å²) >= 11 is 6.03. The fourth-order valence-electron chi connectivity index (χ4n) is 1.91. The standard InChI is InChI=1S/C14H11ClFN3O/c1-2-20-12-6-5-11-14(18-12)19-13(17-11)9-4-3-8(16)7-10(9)15/h3-7H,2H2,1H3,(H,17,18,19). The predicted molar refractivity (Wildman–Crippen MR) is 75.5 cm³/mol. The van der Waals surface area contributed by atoms with Crippen LogP contribution in [0.3, 0.4) is 0 Å². The average Bonchev–Trinajstić information content (AvgIpc) is 2.81. The van der Waals surface area contributed by atoms with Crippen molar-refractivity contribution in [2.75, 3.05) is 6.61 Å². The Bertz CT molecular complexity index is 772. The van der Waals surface area contributed by atoms with Gasteiger partial charge >= 0.3 is 0 Å². The lowest BCUT2D eigenvalue weighted by molar-refractivity contribution is 0.328. The van der Waals surface area contributed by atoms with Crippen LogP contribution in [0.4, 0.5) is 4.39 Å². The number of hydrogen-bond acceptors (Lipinski definition) is 3. The van der Waals surface area contributed by atoms with E-state index in [1.807, 2.05) is 13.0 Å². The third-order valence-corrected chi connectivity index (χ3v) is 3.11. The summed E-state index contributed by atoms with van der Waals surface area (Å²) < 4.78 is 18.4. The number of nitrogens with one attached hydrogen (secondary N) is 1. The van der Waals surface area contributed by atoms with Crippen LogP contribution in [0.15, 0.2) is 30.3 Å². The first-order valence-corrected chi connectivity index (χ1v) is 6.50. The fraction of sp³-hybridized carbons (Fsp3) is 0.143. The molecule has 0 atom stereocenters. The predicted octanol–water partition coefficient (Wildman–Crippen LogP) is 3.82. The molecule has 0 aliphatic heterocycles. The van der Waals surface area contributed by atoms with Crippen LogP contribution >= 0.6 is 11.6 Å². The molecular formula is C14H11ClFN3O. The highest BCUT2D eigenvalue weighted by Gasteiger charge is 2.11. The second-order valence-corrected chi connectivity index (χ2v) is 4.57. The van der Waals surface area contributed by atoms with E-state index >= 15 is 0 Å². The molecule has 0 saturated carbocycles. The first-order chi connectivity index (χ1) is 9.67. The van der Waals surface area contributed by atoms with Crippen molar-refractivity contribution in [1.82, 2.24) is 15.0 Å². The van der Waals surface area contributed by atoms with Gasteiger partial charge in [0.1, 0.15) is 11.6 Å². The topological polar surface area (TPSA) is 50.8 Å². The molecule has 0 aliphatic rings. The zero-order chi connectivity index (χ0) is 14.1. The fourth-order valence-corrected chi connectivity index (χ4v) is 2.17. The Balaban J connectivity index is 2.08. The van der Waals surface area contributed by atoms with Gasteiger partial charge in [-0.1, -0.05) is 11.6 Å². The van der Waals surface area contributed by atoms with E-state index in [4.69, 9.17) is 16.3 Å². The van der Waals surface area contributed by atoms with Crippen LogP contribution in [0, 0.1) is 5.82 Å². The molecule has 1 N–H and O–H groups in total. The zero-order valence-electron chi connectivity index (χ0n) is 10.7. The maximum atomic E-state index is 13.1. The molecule has 4 nitrogen and oxygen atoms in total. The van der Waals surface area contributed by atoms with E-state index in [1.54, 1.807) is 12.1 Å². The van der Waals surface area contributed by atoms with Crippen molar-refractivity contribution < 1.29 is 9.13 Å². The van der Waals surface area contributed by atoms with Gasteiger partial charge in [0, 0.05) is 11.6 Å². The number of ether oxygens (including phenoxy) is 1. The van der Waals surface area contributed by atoms with Gasteiger partial charge in [-0.3, -0.25) is 0 Å². The summed E-state index contributed by atoms with van der Waals surface area (Å²) in [5, 5.41) is 0.300. The first kappa shape index (κ1) is 12.9. The third-order valence-electron chi connectivity index (χ3n) is 2.80. The molecule has 1 aromatic carbocycles. The molecule has 6 heteroatoms. The Kier molecular flexibility index (Phi) is 3.28. The van der Waals surface area contributed by atoms with Crippen molar-refractivity contribution in [3.05, 3.63) is 41.2 Å². The van der Waals surface area contributed by atoms with Crippen LogP contribution in [-0.2, 0) is 0 Å². The van der Waals surface area contributed by atoms with E-state index in [9.17, 15) is 4.39 Å². The van der Waals surface area contributed by atoms with Gasteiger partial charge in [-0.25, -0.2) is 9.37 Å². The number of benzene rings is 1. The molecule has 2 heterocycles. The van der Waals surface area contributed by atoms with Crippen LogP contribution in [0.25, 0.3) is 22.6 Å². The first-order valence-electron chi connectivity index (χ1n) is 6.12. The van der Waals surface area contributed by atoms with Gasteiger partial charge in [0.25, 0.3) is 0 Å². The number of fused-ring (bicyclic) bond motifs is 1. The smallest absolute Gasteiger partial charge is 0.215 e. The van der Waals surface area contributed by atoms with Crippen molar-refractivity contribution in [1.29, 1.82) is 0 Å². The Labute approximate surface area is 119 Å². The van der Waals surface area contributed by atoms with Gasteiger partial charge < -0.3 is 9.72 Å². The highest BCUT2D eigenvalue weighted by Crippen LogP contribution is 2.28. The van der Waals surface area contributed by atoms with Crippen LogP contribution in [-0.4, -0.2) is 21.6 Å². The summed E-state index contributed by atoms with van der Waals surface area (Å²) in [6, 6.07) is 7.77. The second kappa shape index (κ2) is 5.09. The molecule has 0 aliphatic carbocycles. The molecule has 102 valence electrons. The number of imidazole rings is 1. The molecule has 0 fully saturated rings. The van der Waals surface area contributed by atoms with Gasteiger partial charge in [0.2, 0.25) is 5.88 Å². The Morgan fingerprint density at radius 3 is 2.85 bits per heavy atom. The third kappa shape index (κ3) is 2.32. The number of hydrogen-bond donors (Lipinski definition) is 1. The molecule has 3 rings (SSSR count). The summed E-state index contributed by atoms with van der Waals surface area (Å²) in [6.45, 7) is 2.43. The SMILES string of the molecule is CCOc1ccc2[nH]c(-c3ccc(F)cc3Cl)nc2n1. The number of aromatic amines is 1. The normalized spacial score (nSPS) is 10.9. The van der Waals surface area contributed by atoms with Gasteiger partial charge in [0.05, 0.1) is 17.1 Å². The zero-order valence-corrected chi connectivity index (χ0v) is 11.4. The molecule has 0 saturated heterocycles. The minimum absolute atomic E-state index is 0.300. The number of H-pyrrole nitrogens is 1.